The molecule has 23 heavy (non-hydrogen) atoms. The van der Waals surface area contributed by atoms with E-state index in [0.717, 1.165) is 26.8 Å². The van der Waals surface area contributed by atoms with Crippen LogP contribution in [0.3, 0.4) is 0 Å². The monoisotopic (exact) mass is 371 g/mol. The van der Waals surface area contributed by atoms with Crippen LogP contribution >= 0.6 is 15.9 Å². The van der Waals surface area contributed by atoms with E-state index in [2.05, 4.69) is 31.2 Å². The molecule has 0 amide bonds. The number of benzene rings is 1. The smallest absolute Gasteiger partial charge is 0.112 e. The molecule has 0 radical (unpaired) electrons. The molecule has 0 aliphatic carbocycles. The minimum atomic E-state index is -0.868. The van der Waals surface area contributed by atoms with Gasteiger partial charge in [-0.1, -0.05) is 30.3 Å². The second-order valence-corrected chi connectivity index (χ2v) is 6.61. The molecule has 0 fully saturated rings. The highest BCUT2D eigenvalue weighted by Gasteiger charge is 2.22. The molecule has 3 rings (SSSR count). The van der Waals surface area contributed by atoms with Crippen LogP contribution in [0.4, 0.5) is 5.69 Å². The summed E-state index contributed by atoms with van der Waals surface area (Å²) in [6, 6.07) is 13.6. The van der Waals surface area contributed by atoms with Crippen molar-refractivity contribution >= 4 is 32.7 Å². The molecule has 2 N–H and O–H groups in total. The maximum absolute atomic E-state index is 10.6. The molecule has 0 aliphatic rings. The average Bonchev–Trinajstić information content (AvgIpc) is 2.55. The summed E-state index contributed by atoms with van der Waals surface area (Å²) in [6.07, 6.45) is 4.11. The number of halogens is 1. The van der Waals surface area contributed by atoms with Crippen molar-refractivity contribution in [3.8, 4) is 0 Å². The first-order valence-electron chi connectivity index (χ1n) is 7.48. The van der Waals surface area contributed by atoms with Gasteiger partial charge in [-0.05, 0) is 47.0 Å². The number of nitrogens with zero attached hydrogens (tertiary/aromatic N) is 2. The van der Waals surface area contributed by atoms with Crippen LogP contribution in [0.15, 0.2) is 59.3 Å². The van der Waals surface area contributed by atoms with Gasteiger partial charge in [0.25, 0.3) is 0 Å². The summed E-state index contributed by atoms with van der Waals surface area (Å²) in [5, 5.41) is 14.0. The molecule has 118 valence electrons. The summed E-state index contributed by atoms with van der Waals surface area (Å²) in [4.78, 5) is 8.74. The molecule has 4 nitrogen and oxygen atoms in total. The van der Waals surface area contributed by atoms with Gasteiger partial charge in [0.05, 0.1) is 16.8 Å². The first-order valence-corrected chi connectivity index (χ1v) is 8.28. The highest BCUT2D eigenvalue weighted by Crippen LogP contribution is 2.26. The molecule has 0 saturated heterocycles. The number of anilines is 1. The normalized spacial score (nSPS) is 13.7. The van der Waals surface area contributed by atoms with Gasteiger partial charge in [0.15, 0.2) is 0 Å². The Morgan fingerprint density at radius 3 is 2.74 bits per heavy atom. The molecule has 0 saturated carbocycles. The van der Waals surface area contributed by atoms with E-state index in [0.29, 0.717) is 13.0 Å². The van der Waals surface area contributed by atoms with Gasteiger partial charge < -0.3 is 10.4 Å². The molecule has 3 aromatic rings. The highest BCUT2D eigenvalue weighted by atomic mass is 79.9. The van der Waals surface area contributed by atoms with Crippen molar-refractivity contribution in [1.29, 1.82) is 0 Å². The van der Waals surface area contributed by atoms with Crippen molar-refractivity contribution in [3.63, 3.8) is 0 Å². The number of fused-ring (bicyclic) bond motifs is 1. The zero-order chi connectivity index (χ0) is 16.3. The summed E-state index contributed by atoms with van der Waals surface area (Å²) in [7, 11) is 0. The third-order valence-corrected chi connectivity index (χ3v) is 4.30. The van der Waals surface area contributed by atoms with Gasteiger partial charge in [0.1, 0.15) is 5.52 Å². The van der Waals surface area contributed by atoms with E-state index in [4.69, 9.17) is 0 Å². The standard InChI is InChI=1S/C18H18BrN3O/c1-18(23,13-5-3-2-4-6-13)8-10-21-15-7-9-20-16-11-14(19)12-22-17(15)16/h2-7,9,11-12,23H,8,10H2,1H3,(H,20,21). The van der Waals surface area contributed by atoms with Crippen LogP contribution in [0, 0.1) is 0 Å². The maximum atomic E-state index is 10.6. The van der Waals surface area contributed by atoms with E-state index in [1.807, 2.05) is 49.4 Å². The summed E-state index contributed by atoms with van der Waals surface area (Å²) in [5.74, 6) is 0. The van der Waals surface area contributed by atoms with Gasteiger partial charge in [0.2, 0.25) is 0 Å². The second-order valence-electron chi connectivity index (χ2n) is 5.70. The Bertz CT molecular complexity index is 806. The number of aromatic nitrogens is 2. The van der Waals surface area contributed by atoms with Crippen LogP contribution in [0.25, 0.3) is 11.0 Å². The fourth-order valence-corrected chi connectivity index (χ4v) is 2.85. The van der Waals surface area contributed by atoms with E-state index in [1.165, 1.54) is 0 Å². The van der Waals surface area contributed by atoms with Gasteiger partial charge in [-0.2, -0.15) is 0 Å². The highest BCUT2D eigenvalue weighted by molar-refractivity contribution is 9.10. The lowest BCUT2D eigenvalue weighted by Crippen LogP contribution is -2.24. The summed E-state index contributed by atoms with van der Waals surface area (Å²) in [6.45, 7) is 2.47. The van der Waals surface area contributed by atoms with Gasteiger partial charge in [-0.15, -0.1) is 0 Å². The number of hydrogen-bond acceptors (Lipinski definition) is 4. The van der Waals surface area contributed by atoms with Crippen LogP contribution in [0.5, 0.6) is 0 Å². The minimum Gasteiger partial charge on any atom is -0.385 e. The Kier molecular flexibility index (Phi) is 4.59. The van der Waals surface area contributed by atoms with Crippen LogP contribution in [-0.2, 0) is 5.60 Å². The number of aliphatic hydroxyl groups is 1. The van der Waals surface area contributed by atoms with Gasteiger partial charge in [0, 0.05) is 23.4 Å². The molecule has 0 spiro atoms. The van der Waals surface area contributed by atoms with Crippen LogP contribution in [0.1, 0.15) is 18.9 Å². The minimum absolute atomic E-state index is 0.595. The maximum Gasteiger partial charge on any atom is 0.112 e. The number of nitrogens with one attached hydrogen (secondary N) is 1. The Labute approximate surface area is 143 Å². The molecule has 2 aromatic heterocycles. The topological polar surface area (TPSA) is 58.0 Å². The predicted molar refractivity (Wildman–Crippen MR) is 96.4 cm³/mol. The SMILES string of the molecule is CC(O)(CCNc1ccnc2cc(Br)cnc12)c1ccccc1. The van der Waals surface area contributed by atoms with Crippen molar-refractivity contribution in [2.75, 3.05) is 11.9 Å². The van der Waals surface area contributed by atoms with E-state index in [1.54, 1.807) is 12.4 Å². The number of rotatable bonds is 5. The van der Waals surface area contributed by atoms with Crippen molar-refractivity contribution in [2.45, 2.75) is 18.9 Å². The van der Waals surface area contributed by atoms with Crippen LogP contribution in [0.2, 0.25) is 0 Å². The molecule has 1 unspecified atom stereocenters. The fraction of sp³-hybridized carbons (Fsp3) is 0.222. The van der Waals surface area contributed by atoms with Crippen LogP contribution in [-0.4, -0.2) is 21.6 Å². The van der Waals surface area contributed by atoms with Crippen molar-refractivity contribution in [1.82, 2.24) is 9.97 Å². The molecule has 0 bridgehead atoms. The lowest BCUT2D eigenvalue weighted by molar-refractivity contribution is 0.0515. The van der Waals surface area contributed by atoms with E-state index in [9.17, 15) is 5.11 Å². The summed E-state index contributed by atoms with van der Waals surface area (Å²) < 4.78 is 0.904. The van der Waals surface area contributed by atoms with Crippen molar-refractivity contribution < 1.29 is 5.11 Å². The first-order chi connectivity index (χ1) is 11.1. The molecular weight excluding hydrogens is 354 g/mol. The Morgan fingerprint density at radius 1 is 1.17 bits per heavy atom. The molecular formula is C18H18BrN3O. The molecule has 5 heteroatoms. The van der Waals surface area contributed by atoms with Crippen molar-refractivity contribution in [3.05, 3.63) is 64.9 Å². The zero-order valence-electron chi connectivity index (χ0n) is 12.8. The van der Waals surface area contributed by atoms with Crippen molar-refractivity contribution in [2.24, 2.45) is 0 Å². The number of hydrogen-bond donors (Lipinski definition) is 2. The van der Waals surface area contributed by atoms with Crippen LogP contribution < -0.4 is 5.32 Å². The fourth-order valence-electron chi connectivity index (χ4n) is 2.53. The molecule has 1 aromatic carbocycles. The number of pyridine rings is 2. The first kappa shape index (κ1) is 15.9. The second kappa shape index (κ2) is 6.64. The average molecular weight is 372 g/mol. The van der Waals surface area contributed by atoms with Gasteiger partial charge in [-0.3, -0.25) is 9.97 Å². The molecule has 2 heterocycles. The lowest BCUT2D eigenvalue weighted by atomic mass is 9.92. The molecule has 1 atom stereocenters. The molecule has 0 aliphatic heterocycles. The quantitative estimate of drug-likeness (QED) is 0.708. The van der Waals surface area contributed by atoms with E-state index in [-0.39, 0.29) is 0 Å². The third-order valence-electron chi connectivity index (χ3n) is 3.87. The van der Waals surface area contributed by atoms with E-state index >= 15 is 0 Å². The van der Waals surface area contributed by atoms with Gasteiger partial charge >= 0.3 is 0 Å². The Balaban J connectivity index is 1.72. The lowest BCUT2D eigenvalue weighted by Gasteiger charge is -2.24. The van der Waals surface area contributed by atoms with E-state index < -0.39 is 5.60 Å². The third kappa shape index (κ3) is 3.68. The predicted octanol–water partition coefficient (Wildman–Crippen LogP) is 4.10. The largest absolute Gasteiger partial charge is 0.385 e. The zero-order valence-corrected chi connectivity index (χ0v) is 14.4. The summed E-state index contributed by atoms with van der Waals surface area (Å²) >= 11 is 3.41. The Morgan fingerprint density at radius 2 is 1.96 bits per heavy atom. The Hall–Kier alpha value is -1.98. The summed E-state index contributed by atoms with van der Waals surface area (Å²) in [5.41, 5.74) is 2.64. The van der Waals surface area contributed by atoms with Gasteiger partial charge in [-0.25, -0.2) is 0 Å².